The highest BCUT2D eigenvalue weighted by Crippen LogP contribution is 2.47. The molecule has 1 aliphatic carbocycles. The van der Waals surface area contributed by atoms with E-state index in [-0.39, 0.29) is 17.9 Å². The van der Waals surface area contributed by atoms with Crippen LogP contribution < -0.4 is 0 Å². The molecule has 39 heavy (non-hydrogen) atoms. The van der Waals surface area contributed by atoms with Crippen LogP contribution in [0.5, 0.6) is 0 Å². The zero-order valence-corrected chi connectivity index (χ0v) is 24.6. The summed E-state index contributed by atoms with van der Waals surface area (Å²) in [5.41, 5.74) is 1.28. The molecule has 1 amide bonds. The summed E-state index contributed by atoms with van der Waals surface area (Å²) in [5.74, 6) is -0.480. The molecule has 0 N–H and O–H groups in total. The Hall–Kier alpha value is -2.16. The van der Waals surface area contributed by atoms with Crippen LogP contribution in [-0.2, 0) is 25.7 Å². The van der Waals surface area contributed by atoms with Crippen LogP contribution >= 0.6 is 11.6 Å². The molecule has 6 nitrogen and oxygen atoms in total. The molecule has 1 atom stereocenters. The fourth-order valence-corrected chi connectivity index (χ4v) is 8.58. The van der Waals surface area contributed by atoms with Gasteiger partial charge in [-0.2, -0.15) is 0 Å². The Balaban J connectivity index is 1.49. The van der Waals surface area contributed by atoms with Gasteiger partial charge in [-0.1, -0.05) is 31.5 Å². The van der Waals surface area contributed by atoms with Crippen molar-refractivity contribution in [3.05, 3.63) is 64.4 Å². The van der Waals surface area contributed by atoms with Gasteiger partial charge in [-0.15, -0.1) is 0 Å². The molecule has 214 valence electrons. The maximum Gasteiger partial charge on any atom is 0.409 e. The van der Waals surface area contributed by atoms with E-state index in [1.54, 1.807) is 23.1 Å². The molecule has 0 radical (unpaired) electrons. The normalized spacial score (nSPS) is 20.2. The van der Waals surface area contributed by atoms with Crippen molar-refractivity contribution < 1.29 is 22.3 Å². The lowest BCUT2D eigenvalue weighted by Gasteiger charge is -2.39. The van der Waals surface area contributed by atoms with Gasteiger partial charge >= 0.3 is 6.09 Å². The topological polar surface area (TPSA) is 66.9 Å². The van der Waals surface area contributed by atoms with Crippen LogP contribution in [0.2, 0.25) is 5.02 Å². The predicted octanol–water partition coefficient (Wildman–Crippen LogP) is 6.60. The third kappa shape index (κ3) is 6.44. The Morgan fingerprint density at radius 1 is 1.10 bits per heavy atom. The standard InChI is InChI=1S/C30H40ClFN2O4S/c1-3-17-33(18-4-2)26-13-19-34(20-14-26)29(35)38-21-16-30(39(36,37)27-11-8-24(31)9-12-27)15-5-6-23-7-10-25(32)22-28(23)30/h7-12,22,26H,3-6,13-21H2,1-2H3. The zero-order valence-electron chi connectivity index (χ0n) is 23.0. The van der Waals surface area contributed by atoms with Crippen LogP contribution in [0.15, 0.2) is 47.4 Å². The Morgan fingerprint density at radius 2 is 1.77 bits per heavy atom. The number of nitrogens with zero attached hydrogens (tertiary/aromatic N) is 2. The summed E-state index contributed by atoms with van der Waals surface area (Å²) in [6.07, 6.45) is 5.28. The van der Waals surface area contributed by atoms with E-state index in [0.29, 0.717) is 49.0 Å². The molecule has 0 spiro atoms. The van der Waals surface area contributed by atoms with E-state index >= 15 is 0 Å². The van der Waals surface area contributed by atoms with Crippen LogP contribution in [0, 0.1) is 5.82 Å². The number of halogens is 2. The third-order valence-electron chi connectivity index (χ3n) is 8.22. The van der Waals surface area contributed by atoms with Crippen molar-refractivity contribution in [2.45, 2.75) is 80.9 Å². The number of hydrogen-bond donors (Lipinski definition) is 0. The lowest BCUT2D eigenvalue weighted by Crippen LogP contribution is -2.47. The number of ether oxygens (including phenoxy) is 1. The Labute approximate surface area is 237 Å². The average molecular weight is 579 g/mol. The molecular formula is C30H40ClFN2O4S. The first-order valence-corrected chi connectivity index (χ1v) is 16.0. The molecular weight excluding hydrogens is 539 g/mol. The van der Waals surface area contributed by atoms with Crippen LogP contribution in [0.3, 0.4) is 0 Å². The second-order valence-electron chi connectivity index (χ2n) is 10.7. The van der Waals surface area contributed by atoms with Crippen molar-refractivity contribution >= 4 is 27.5 Å². The van der Waals surface area contributed by atoms with E-state index in [4.69, 9.17) is 16.3 Å². The molecule has 2 aliphatic rings. The van der Waals surface area contributed by atoms with Crippen LogP contribution in [-0.4, -0.2) is 63.1 Å². The van der Waals surface area contributed by atoms with Crippen molar-refractivity contribution in [2.24, 2.45) is 0 Å². The molecule has 2 aromatic carbocycles. The van der Waals surface area contributed by atoms with Gasteiger partial charge in [-0.25, -0.2) is 17.6 Å². The number of benzene rings is 2. The van der Waals surface area contributed by atoms with E-state index in [1.165, 1.54) is 24.3 Å². The minimum Gasteiger partial charge on any atom is -0.449 e. The van der Waals surface area contributed by atoms with Crippen molar-refractivity contribution in [3.63, 3.8) is 0 Å². The summed E-state index contributed by atoms with van der Waals surface area (Å²) < 4.78 is 47.1. The molecule has 4 rings (SSSR count). The lowest BCUT2D eigenvalue weighted by molar-refractivity contribution is 0.0688. The van der Waals surface area contributed by atoms with Crippen LogP contribution in [0.1, 0.15) is 69.9 Å². The van der Waals surface area contributed by atoms with Crippen molar-refractivity contribution in [3.8, 4) is 0 Å². The predicted molar refractivity (Wildman–Crippen MR) is 152 cm³/mol. The fourth-order valence-electron chi connectivity index (χ4n) is 6.26. The van der Waals surface area contributed by atoms with E-state index in [0.717, 1.165) is 44.3 Å². The summed E-state index contributed by atoms with van der Waals surface area (Å²) in [6.45, 7) is 7.68. The quantitative estimate of drug-likeness (QED) is 0.318. The Kier molecular flexibility index (Phi) is 9.94. The number of likely N-dealkylation sites (tertiary alicyclic amines) is 1. The first-order valence-electron chi connectivity index (χ1n) is 14.2. The number of fused-ring (bicyclic) bond motifs is 1. The number of piperidine rings is 1. The minimum absolute atomic E-state index is 0.0530. The molecule has 1 heterocycles. The van der Waals surface area contributed by atoms with Crippen molar-refractivity contribution in [1.29, 1.82) is 0 Å². The molecule has 1 saturated heterocycles. The summed E-state index contributed by atoms with van der Waals surface area (Å²) >= 11 is 6.02. The van der Waals surface area contributed by atoms with Gasteiger partial charge in [0.1, 0.15) is 10.6 Å². The van der Waals surface area contributed by atoms with E-state index in [9.17, 15) is 17.6 Å². The molecule has 1 fully saturated rings. The van der Waals surface area contributed by atoms with Crippen LogP contribution in [0.25, 0.3) is 0 Å². The maximum atomic E-state index is 14.5. The van der Waals surface area contributed by atoms with Gasteiger partial charge in [0.2, 0.25) is 0 Å². The van der Waals surface area contributed by atoms with Gasteiger partial charge in [0.25, 0.3) is 0 Å². The highest BCUT2D eigenvalue weighted by atomic mass is 35.5. The van der Waals surface area contributed by atoms with Gasteiger partial charge in [-0.3, -0.25) is 0 Å². The fraction of sp³-hybridized carbons (Fsp3) is 0.567. The smallest absolute Gasteiger partial charge is 0.409 e. The van der Waals surface area contributed by atoms with Gasteiger partial charge in [0.15, 0.2) is 9.84 Å². The maximum absolute atomic E-state index is 14.5. The van der Waals surface area contributed by atoms with Crippen LogP contribution in [0.4, 0.5) is 9.18 Å². The zero-order chi connectivity index (χ0) is 28.0. The average Bonchev–Trinajstić information content (AvgIpc) is 2.93. The number of sulfone groups is 1. The number of carbonyl (C=O) groups is 1. The number of hydrogen-bond acceptors (Lipinski definition) is 5. The lowest BCUT2D eigenvalue weighted by atomic mass is 9.80. The molecule has 1 unspecified atom stereocenters. The first kappa shape index (κ1) is 29.8. The summed E-state index contributed by atoms with van der Waals surface area (Å²) in [6, 6.07) is 10.9. The van der Waals surface area contributed by atoms with Gasteiger partial charge in [-0.05, 0) is 106 Å². The Bertz CT molecular complexity index is 1230. The summed E-state index contributed by atoms with van der Waals surface area (Å²) in [7, 11) is -3.96. The second-order valence-corrected chi connectivity index (χ2v) is 13.4. The minimum atomic E-state index is -3.96. The highest BCUT2D eigenvalue weighted by Gasteiger charge is 2.49. The largest absolute Gasteiger partial charge is 0.449 e. The second kappa shape index (κ2) is 13.0. The molecule has 0 aromatic heterocycles. The molecule has 1 aliphatic heterocycles. The third-order valence-corrected chi connectivity index (χ3v) is 11.0. The number of carbonyl (C=O) groups excluding carboxylic acids is 1. The van der Waals surface area contributed by atoms with Crippen molar-refractivity contribution in [1.82, 2.24) is 9.80 Å². The van der Waals surface area contributed by atoms with E-state index < -0.39 is 26.5 Å². The molecule has 9 heteroatoms. The number of rotatable bonds is 10. The van der Waals surface area contributed by atoms with Gasteiger partial charge in [0, 0.05) is 30.6 Å². The summed E-state index contributed by atoms with van der Waals surface area (Å²) in [5, 5.41) is 0.434. The Morgan fingerprint density at radius 3 is 2.41 bits per heavy atom. The molecule has 2 aromatic rings. The molecule has 0 bridgehead atoms. The molecule has 0 saturated carbocycles. The monoisotopic (exact) mass is 578 g/mol. The first-order chi connectivity index (χ1) is 18.7. The number of amides is 1. The van der Waals surface area contributed by atoms with Crippen molar-refractivity contribution in [2.75, 3.05) is 32.8 Å². The van der Waals surface area contributed by atoms with E-state index in [1.807, 2.05) is 0 Å². The van der Waals surface area contributed by atoms with Gasteiger partial charge in [0.05, 0.1) is 11.5 Å². The number of aryl methyl sites for hydroxylation is 1. The van der Waals surface area contributed by atoms with Gasteiger partial charge < -0.3 is 14.5 Å². The highest BCUT2D eigenvalue weighted by molar-refractivity contribution is 7.92. The summed E-state index contributed by atoms with van der Waals surface area (Å²) in [4.78, 5) is 17.4. The SMILES string of the molecule is CCCN(CCC)C1CCN(C(=O)OCCC2(S(=O)(=O)c3ccc(Cl)cc3)CCCc3ccc(F)cc32)CC1. The van der Waals surface area contributed by atoms with E-state index in [2.05, 4.69) is 18.7 Å².